The van der Waals surface area contributed by atoms with Crippen molar-refractivity contribution in [3.8, 4) is 113 Å². The Hall–Kier alpha value is -15.3. The number of pyridine rings is 6. The maximum absolute atomic E-state index is 5.03. The lowest BCUT2D eigenvalue weighted by molar-refractivity contribution is 0.981. The highest BCUT2D eigenvalue weighted by Crippen LogP contribution is 2.42. The smallest absolute Gasteiger partial charge is 0.237 e. The number of benzene rings is 11. The van der Waals surface area contributed by atoms with Crippen molar-refractivity contribution in [3.63, 3.8) is 0 Å². The lowest BCUT2D eigenvalue weighted by Gasteiger charge is -2.14. The fourth-order valence-electron chi connectivity index (χ4n) is 16.5. The molecule has 0 fully saturated rings. The van der Waals surface area contributed by atoms with Crippen LogP contribution in [-0.2, 0) is 0 Å². The van der Waals surface area contributed by atoms with Gasteiger partial charge in [-0.3, -0.25) is 28.2 Å². The molecule has 0 aliphatic carbocycles. The van der Waals surface area contributed by atoms with E-state index >= 15 is 0 Å². The Bertz CT molecular complexity index is 7490. The molecule has 20 heteroatoms. The zero-order chi connectivity index (χ0) is 86.0. The van der Waals surface area contributed by atoms with Crippen molar-refractivity contribution in [1.29, 1.82) is 0 Å². The highest BCUT2D eigenvalue weighted by atomic mass is 79.9. The van der Waals surface area contributed by atoms with Gasteiger partial charge in [0.05, 0.1) is 68.1 Å². The molecule has 0 amide bonds. The van der Waals surface area contributed by atoms with Gasteiger partial charge in [-0.25, -0.2) is 49.8 Å². The molecule has 128 heavy (non-hydrogen) atoms. The van der Waals surface area contributed by atoms with Gasteiger partial charge in [0.15, 0.2) is 11.6 Å². The molecule has 608 valence electrons. The molecule has 0 N–H and O–H groups in total. The summed E-state index contributed by atoms with van der Waals surface area (Å²) in [5.74, 6) is 2.77. The number of halogens is 4. The molecule has 13 aromatic heterocycles. The summed E-state index contributed by atoms with van der Waals surface area (Å²) in [6.07, 6.45) is 12.9. The van der Waals surface area contributed by atoms with Crippen molar-refractivity contribution >= 4 is 151 Å². The van der Waals surface area contributed by atoms with Gasteiger partial charge in [0.25, 0.3) is 0 Å². The number of aromatic nitrogens is 16. The first kappa shape index (κ1) is 79.8. The molecular formula is C108H68Br4N16. The largest absolute Gasteiger partial charge is 0.294 e. The van der Waals surface area contributed by atoms with Gasteiger partial charge in [0.2, 0.25) is 5.95 Å². The van der Waals surface area contributed by atoms with Gasteiger partial charge in [-0.2, -0.15) is 0 Å². The topological polar surface area (TPSA) is 174 Å². The fraction of sp³-hybridized carbons (Fsp3) is 0. The minimum absolute atomic E-state index is 0.599. The van der Waals surface area contributed by atoms with E-state index in [2.05, 4.69) is 251 Å². The zero-order valence-electron chi connectivity index (χ0n) is 67.9. The van der Waals surface area contributed by atoms with Crippen LogP contribution in [0, 0.1) is 0 Å². The first-order chi connectivity index (χ1) is 63.1. The SMILES string of the molecule is Brc1ccc2c3cccnc3n(-c3cc(-c4ccccc4)nc(-c4ccccc4)n3)c2c1.Brc1ccc2c3cccnc3n(-c3cc(-c4ccccn4)cc(-c4ccccn4)c3)c2c1.Brc1ccc2c3cccnc3n(-c3cnc(-c4ccccc4)nc3-c3ccccc3)c2c1.Brc1ccc2c3cccnc3n(-c3nc(-c4ccccc4)cc(-c4ccccc4)n3)c2c1. The average molecular weight is 1910 g/mol. The molecule has 0 unspecified atom stereocenters. The van der Waals surface area contributed by atoms with Crippen LogP contribution in [0.1, 0.15) is 0 Å². The minimum Gasteiger partial charge on any atom is -0.294 e. The number of fused-ring (bicyclic) bond motifs is 12. The second kappa shape index (κ2) is 35.4. The molecule has 0 atom stereocenters. The molecule has 0 aliphatic heterocycles. The number of rotatable bonds is 12. The van der Waals surface area contributed by atoms with E-state index in [0.717, 1.165) is 196 Å². The summed E-state index contributed by atoms with van der Waals surface area (Å²) in [7, 11) is 0. The van der Waals surface area contributed by atoms with Gasteiger partial charge in [-0.1, -0.05) is 282 Å². The maximum Gasteiger partial charge on any atom is 0.237 e. The molecule has 24 rings (SSSR count). The van der Waals surface area contributed by atoms with Gasteiger partial charge < -0.3 is 0 Å². The Labute approximate surface area is 768 Å². The molecule has 11 aromatic carbocycles. The van der Waals surface area contributed by atoms with Crippen LogP contribution in [0.2, 0.25) is 0 Å². The van der Waals surface area contributed by atoms with E-state index in [0.29, 0.717) is 17.6 Å². The van der Waals surface area contributed by atoms with Gasteiger partial charge in [0.1, 0.15) is 28.4 Å². The van der Waals surface area contributed by atoms with Crippen molar-refractivity contribution in [2.75, 3.05) is 0 Å². The molecule has 13 heterocycles. The van der Waals surface area contributed by atoms with Crippen molar-refractivity contribution < 1.29 is 0 Å². The van der Waals surface area contributed by atoms with E-state index in [1.54, 1.807) is 0 Å². The Morgan fingerprint density at radius 3 is 0.984 bits per heavy atom. The van der Waals surface area contributed by atoms with Crippen molar-refractivity contribution in [2.45, 2.75) is 0 Å². The van der Waals surface area contributed by atoms with E-state index in [9.17, 15) is 0 Å². The van der Waals surface area contributed by atoms with Gasteiger partial charge >= 0.3 is 0 Å². The summed E-state index contributed by atoms with van der Waals surface area (Å²) in [5, 5.41) is 8.95. The molecule has 0 saturated carbocycles. The zero-order valence-corrected chi connectivity index (χ0v) is 74.3. The van der Waals surface area contributed by atoms with Crippen molar-refractivity contribution in [1.82, 2.24) is 78.1 Å². The van der Waals surface area contributed by atoms with Crippen LogP contribution in [0.5, 0.6) is 0 Å². The van der Waals surface area contributed by atoms with Crippen LogP contribution in [0.4, 0.5) is 0 Å². The molecule has 16 nitrogen and oxygen atoms in total. The lowest BCUT2D eigenvalue weighted by Crippen LogP contribution is -2.04. The fourth-order valence-corrected chi connectivity index (χ4v) is 17.9. The molecule has 24 aromatic rings. The van der Waals surface area contributed by atoms with E-state index in [1.807, 2.05) is 254 Å². The van der Waals surface area contributed by atoms with Crippen LogP contribution < -0.4 is 0 Å². The van der Waals surface area contributed by atoms with Crippen LogP contribution in [-0.4, -0.2) is 78.1 Å². The number of hydrogen-bond acceptors (Lipinski definition) is 12. The molecule has 0 saturated heterocycles. The summed E-state index contributed by atoms with van der Waals surface area (Å²) in [6, 6.07) is 125. The molecule has 0 radical (unpaired) electrons. The first-order valence-electron chi connectivity index (χ1n) is 41.3. The normalized spacial score (nSPS) is 11.3. The van der Waals surface area contributed by atoms with E-state index in [1.165, 1.54) is 5.39 Å². The van der Waals surface area contributed by atoms with Crippen LogP contribution in [0.15, 0.2) is 431 Å². The average Bonchev–Trinajstić information content (AvgIpc) is 1.60. The van der Waals surface area contributed by atoms with Crippen molar-refractivity contribution in [3.05, 3.63) is 431 Å². The third-order valence-electron chi connectivity index (χ3n) is 22.2. The predicted octanol–water partition coefficient (Wildman–Crippen LogP) is 28.3. The predicted molar refractivity (Wildman–Crippen MR) is 531 cm³/mol. The van der Waals surface area contributed by atoms with Gasteiger partial charge in [0, 0.05) is 154 Å². The standard InChI is InChI=1S/4C27H17BrN4/c28-20-9-10-22-23-6-5-13-31-27(23)32(26(22)17-20)21-15-18(24-7-1-3-11-29-24)14-19(16-21)25-8-2-4-12-30-25;28-20-13-14-21-22-12-7-15-29-26(22)32(25(21)16-20)27-30-23(18-8-3-1-4-9-18)17-24(31-27)19-10-5-2-6-11-19;28-20-13-14-21-22-12-7-15-29-27(22)32(24(21)16-20)25-17-23(18-8-3-1-4-9-18)30-26(31-25)19-10-5-2-6-11-19;28-20-13-14-21-22-12-7-15-29-27(22)32(23(21)16-20)24-17-30-26(19-10-5-2-6-11-19)31-25(24)18-8-3-1-4-9-18/h4*1-17H. The first-order valence-corrected chi connectivity index (χ1v) is 44.5. The van der Waals surface area contributed by atoms with Gasteiger partial charge in [-0.05, 0) is 146 Å². The Balaban J connectivity index is 0.000000104. The second-order valence-corrected chi connectivity index (χ2v) is 33.8. The van der Waals surface area contributed by atoms with E-state index in [4.69, 9.17) is 49.8 Å². The molecular weight excluding hydrogens is 1840 g/mol. The van der Waals surface area contributed by atoms with Crippen LogP contribution in [0.25, 0.3) is 201 Å². The third kappa shape index (κ3) is 15.9. The summed E-state index contributed by atoms with van der Waals surface area (Å²) in [6.45, 7) is 0. The van der Waals surface area contributed by atoms with Crippen LogP contribution >= 0.6 is 63.7 Å². The second-order valence-electron chi connectivity index (χ2n) is 30.2. The van der Waals surface area contributed by atoms with Crippen LogP contribution in [0.3, 0.4) is 0 Å². The Morgan fingerprint density at radius 2 is 0.555 bits per heavy atom. The lowest BCUT2D eigenvalue weighted by atomic mass is 10.0. The number of hydrogen-bond donors (Lipinski definition) is 0. The summed E-state index contributed by atoms with van der Waals surface area (Å²) in [4.78, 5) is 57.8. The highest BCUT2D eigenvalue weighted by molar-refractivity contribution is 9.11. The number of nitrogens with zero attached hydrogens (tertiary/aromatic N) is 16. The molecule has 0 bridgehead atoms. The Kier molecular flexibility index (Phi) is 22.1. The monoisotopic (exact) mass is 1900 g/mol. The summed E-state index contributed by atoms with van der Waals surface area (Å²) >= 11 is 14.5. The van der Waals surface area contributed by atoms with Gasteiger partial charge in [-0.15, -0.1) is 0 Å². The molecule has 0 aliphatic rings. The summed E-state index contributed by atoms with van der Waals surface area (Å²) < 4.78 is 12.6. The van der Waals surface area contributed by atoms with Crippen molar-refractivity contribution in [2.24, 2.45) is 0 Å². The summed E-state index contributed by atoms with van der Waals surface area (Å²) in [5.41, 5.74) is 23.1. The Morgan fingerprint density at radius 1 is 0.203 bits per heavy atom. The van der Waals surface area contributed by atoms with E-state index in [-0.39, 0.29) is 0 Å². The maximum atomic E-state index is 5.03. The highest BCUT2D eigenvalue weighted by Gasteiger charge is 2.24. The van der Waals surface area contributed by atoms with E-state index < -0.39 is 0 Å². The third-order valence-corrected chi connectivity index (χ3v) is 24.2. The quantitative estimate of drug-likeness (QED) is 0.113. The molecule has 0 spiro atoms. The minimum atomic E-state index is 0.599.